The molecule has 10 heteroatoms. The van der Waals surface area contributed by atoms with Crippen molar-refractivity contribution in [2.45, 2.75) is 44.8 Å². The average molecular weight is 529 g/mol. The van der Waals surface area contributed by atoms with E-state index in [0.717, 1.165) is 40.9 Å². The maximum Gasteiger partial charge on any atom is 0.335 e. The molecule has 1 fully saturated rings. The topological polar surface area (TPSA) is 119 Å². The summed E-state index contributed by atoms with van der Waals surface area (Å²) in [6.45, 7) is 0.280. The van der Waals surface area contributed by atoms with E-state index < -0.39 is 5.97 Å². The number of carboxylic acids is 1. The molecule has 0 spiro atoms. The van der Waals surface area contributed by atoms with Gasteiger partial charge < -0.3 is 14.4 Å². The van der Waals surface area contributed by atoms with Gasteiger partial charge >= 0.3 is 5.97 Å². The van der Waals surface area contributed by atoms with E-state index in [4.69, 9.17) is 21.3 Å². The predicted molar refractivity (Wildman–Crippen MR) is 143 cm³/mol. The standard InChI is InChI=1S/C28H25ClN6O3/c29-20-9-12-23(26-31-33-34-32-26)19(14-20)16-38-22-10-6-17(7-11-22)27-30-24-15-18(28(36)37)8-13-25(24)35(27)21-4-2-1-3-5-21/h6-15,21H,1-5,16H2,(H,36,37)(H,31,32,33,34). The molecule has 1 saturated carbocycles. The minimum Gasteiger partial charge on any atom is -0.489 e. The number of aromatic nitrogens is 6. The fourth-order valence-corrected chi connectivity index (χ4v) is 5.38. The molecule has 0 bridgehead atoms. The summed E-state index contributed by atoms with van der Waals surface area (Å²) >= 11 is 6.23. The van der Waals surface area contributed by atoms with Gasteiger partial charge in [-0.15, -0.1) is 10.2 Å². The van der Waals surface area contributed by atoms with Crippen LogP contribution >= 0.6 is 11.6 Å². The first-order valence-corrected chi connectivity index (χ1v) is 13.0. The van der Waals surface area contributed by atoms with Crippen molar-refractivity contribution in [3.63, 3.8) is 0 Å². The molecule has 0 radical (unpaired) electrons. The minimum atomic E-state index is -0.954. The van der Waals surface area contributed by atoms with Gasteiger partial charge in [-0.3, -0.25) is 0 Å². The molecule has 6 rings (SSSR count). The Morgan fingerprint density at radius 3 is 2.61 bits per heavy atom. The lowest BCUT2D eigenvalue weighted by molar-refractivity contribution is 0.0697. The second kappa shape index (κ2) is 10.3. The molecular formula is C28H25ClN6O3. The quantitative estimate of drug-likeness (QED) is 0.253. The zero-order valence-corrected chi connectivity index (χ0v) is 21.2. The number of tetrazole rings is 1. The number of aromatic amines is 1. The van der Waals surface area contributed by atoms with Crippen molar-refractivity contribution in [2.75, 3.05) is 0 Å². The van der Waals surface area contributed by atoms with Gasteiger partial charge in [0.15, 0.2) is 0 Å². The van der Waals surface area contributed by atoms with Crippen LogP contribution < -0.4 is 4.74 Å². The van der Waals surface area contributed by atoms with Crippen LogP contribution in [0.25, 0.3) is 33.8 Å². The van der Waals surface area contributed by atoms with E-state index in [1.165, 1.54) is 19.3 Å². The third kappa shape index (κ3) is 4.72. The van der Waals surface area contributed by atoms with Crippen molar-refractivity contribution in [2.24, 2.45) is 0 Å². The number of carboxylic acid groups (broad SMARTS) is 1. The number of halogens is 1. The molecule has 3 aromatic carbocycles. The van der Waals surface area contributed by atoms with Crippen molar-refractivity contribution >= 4 is 28.6 Å². The van der Waals surface area contributed by atoms with E-state index in [0.29, 0.717) is 28.2 Å². The molecule has 0 amide bonds. The summed E-state index contributed by atoms with van der Waals surface area (Å²) in [4.78, 5) is 16.4. The van der Waals surface area contributed by atoms with Crippen molar-refractivity contribution < 1.29 is 14.6 Å². The van der Waals surface area contributed by atoms with Gasteiger partial charge in [0.2, 0.25) is 5.82 Å². The highest BCUT2D eigenvalue weighted by atomic mass is 35.5. The highest BCUT2D eigenvalue weighted by Crippen LogP contribution is 2.36. The molecule has 2 N–H and O–H groups in total. The van der Waals surface area contributed by atoms with Crippen LogP contribution in [-0.4, -0.2) is 41.3 Å². The van der Waals surface area contributed by atoms with Crippen molar-refractivity contribution in [3.05, 3.63) is 76.8 Å². The number of aromatic carboxylic acids is 1. The number of fused-ring (bicyclic) bond motifs is 1. The zero-order valence-electron chi connectivity index (χ0n) is 20.5. The number of nitrogens with one attached hydrogen (secondary N) is 1. The van der Waals surface area contributed by atoms with E-state index in [-0.39, 0.29) is 12.2 Å². The number of hydrogen-bond donors (Lipinski definition) is 2. The van der Waals surface area contributed by atoms with Crippen molar-refractivity contribution in [3.8, 4) is 28.5 Å². The third-order valence-electron chi connectivity index (χ3n) is 7.04. The first-order valence-electron chi connectivity index (χ1n) is 12.6. The van der Waals surface area contributed by atoms with Crippen molar-refractivity contribution in [1.82, 2.24) is 30.2 Å². The molecule has 2 heterocycles. The van der Waals surface area contributed by atoms with E-state index in [2.05, 4.69) is 25.2 Å². The second-order valence-corrected chi connectivity index (χ2v) is 9.89. The van der Waals surface area contributed by atoms with Gasteiger partial charge in [-0.2, -0.15) is 5.21 Å². The Bertz CT molecular complexity index is 1590. The zero-order chi connectivity index (χ0) is 26.1. The molecule has 192 valence electrons. The molecule has 0 atom stereocenters. The van der Waals surface area contributed by atoms with Gasteiger partial charge in [0, 0.05) is 27.8 Å². The Kier molecular flexibility index (Phi) is 6.51. The number of nitrogens with zero attached hydrogens (tertiary/aromatic N) is 5. The summed E-state index contributed by atoms with van der Waals surface area (Å²) in [7, 11) is 0. The molecular weight excluding hydrogens is 504 g/mol. The van der Waals surface area contributed by atoms with Crippen LogP contribution in [0.1, 0.15) is 54.1 Å². The normalized spacial score (nSPS) is 14.1. The summed E-state index contributed by atoms with van der Waals surface area (Å²) in [5.74, 6) is 1.06. The minimum absolute atomic E-state index is 0.238. The molecule has 1 aliphatic rings. The largest absolute Gasteiger partial charge is 0.489 e. The summed E-state index contributed by atoms with van der Waals surface area (Å²) in [6.07, 6.45) is 5.78. The highest BCUT2D eigenvalue weighted by Gasteiger charge is 2.23. The molecule has 0 aliphatic heterocycles. The fraction of sp³-hybridized carbons (Fsp3) is 0.250. The number of imidazole rings is 1. The number of rotatable bonds is 7. The number of ether oxygens (including phenoxy) is 1. The molecule has 0 saturated heterocycles. The van der Waals surface area contributed by atoms with E-state index >= 15 is 0 Å². The van der Waals surface area contributed by atoms with Crippen LogP contribution in [0.2, 0.25) is 5.02 Å². The predicted octanol–water partition coefficient (Wildman–Crippen LogP) is 6.32. The first-order chi connectivity index (χ1) is 18.6. The molecule has 1 aliphatic carbocycles. The first kappa shape index (κ1) is 24.1. The van der Waals surface area contributed by atoms with Gasteiger partial charge in [-0.05, 0) is 78.7 Å². The molecule has 0 unspecified atom stereocenters. The molecule has 5 aromatic rings. The van der Waals surface area contributed by atoms with Crippen LogP contribution in [0.3, 0.4) is 0 Å². The average Bonchev–Trinajstić information content (AvgIpc) is 3.61. The van der Waals surface area contributed by atoms with Crippen molar-refractivity contribution in [1.29, 1.82) is 0 Å². The van der Waals surface area contributed by atoms with E-state index in [1.54, 1.807) is 18.2 Å². The van der Waals surface area contributed by atoms with Crippen LogP contribution in [-0.2, 0) is 6.61 Å². The lowest BCUT2D eigenvalue weighted by atomic mass is 9.95. The SMILES string of the molecule is O=C(O)c1ccc2c(c1)nc(-c1ccc(OCc3cc(Cl)ccc3-c3nn[nH]n3)cc1)n2C1CCCCC1. The number of hydrogen-bond acceptors (Lipinski definition) is 6. The van der Waals surface area contributed by atoms with Gasteiger partial charge in [0.05, 0.1) is 16.6 Å². The van der Waals surface area contributed by atoms with Crippen LogP contribution in [0.15, 0.2) is 60.7 Å². The Labute approximate surface area is 223 Å². The fourth-order valence-electron chi connectivity index (χ4n) is 5.18. The van der Waals surface area contributed by atoms with Gasteiger partial charge in [0.1, 0.15) is 18.2 Å². The Morgan fingerprint density at radius 1 is 1.05 bits per heavy atom. The summed E-state index contributed by atoms with van der Waals surface area (Å²) < 4.78 is 8.38. The number of H-pyrrole nitrogens is 1. The summed E-state index contributed by atoms with van der Waals surface area (Å²) in [5.41, 5.74) is 4.49. The van der Waals surface area contributed by atoms with Gasteiger partial charge in [-0.25, -0.2) is 9.78 Å². The van der Waals surface area contributed by atoms with Gasteiger partial charge in [0.25, 0.3) is 0 Å². The highest BCUT2D eigenvalue weighted by molar-refractivity contribution is 6.30. The monoisotopic (exact) mass is 528 g/mol. The van der Waals surface area contributed by atoms with Gasteiger partial charge in [-0.1, -0.05) is 30.9 Å². The van der Waals surface area contributed by atoms with Crippen LogP contribution in [0.4, 0.5) is 0 Å². The van der Waals surface area contributed by atoms with Crippen LogP contribution in [0, 0.1) is 0 Å². The Morgan fingerprint density at radius 2 is 1.87 bits per heavy atom. The Balaban J connectivity index is 1.29. The lowest BCUT2D eigenvalue weighted by Gasteiger charge is -2.25. The maximum atomic E-state index is 11.5. The lowest BCUT2D eigenvalue weighted by Crippen LogP contribution is -2.14. The number of carbonyl (C=O) groups is 1. The summed E-state index contributed by atoms with van der Waals surface area (Å²) in [6, 6.07) is 18.8. The Hall–Kier alpha value is -4.24. The van der Waals surface area contributed by atoms with Crippen LogP contribution in [0.5, 0.6) is 5.75 Å². The van der Waals surface area contributed by atoms with E-state index in [9.17, 15) is 9.90 Å². The smallest absolute Gasteiger partial charge is 0.335 e. The second-order valence-electron chi connectivity index (χ2n) is 9.46. The van der Waals surface area contributed by atoms with E-state index in [1.807, 2.05) is 42.5 Å². The summed E-state index contributed by atoms with van der Waals surface area (Å²) in [5, 5.41) is 24.3. The number of benzene rings is 3. The third-order valence-corrected chi connectivity index (χ3v) is 7.27. The molecule has 38 heavy (non-hydrogen) atoms. The molecule has 2 aromatic heterocycles. The molecule has 9 nitrogen and oxygen atoms in total. The maximum absolute atomic E-state index is 11.5.